The second-order valence-electron chi connectivity index (χ2n) is 3.96. The minimum atomic E-state index is -0.223. The number of aryl methyl sites for hydroxylation is 1. The normalized spacial score (nSPS) is 9.63. The van der Waals surface area contributed by atoms with Crippen molar-refractivity contribution in [1.82, 2.24) is 5.32 Å². The molecule has 0 aromatic heterocycles. The van der Waals surface area contributed by atoms with Gasteiger partial charge in [-0.3, -0.25) is 4.79 Å². The fourth-order valence-electron chi connectivity index (χ4n) is 1.57. The van der Waals surface area contributed by atoms with Crippen molar-refractivity contribution in [2.75, 3.05) is 26.4 Å². The summed E-state index contributed by atoms with van der Waals surface area (Å²) in [5, 5.41) is 11.5. The lowest BCUT2D eigenvalue weighted by Crippen LogP contribution is -2.28. The number of nitrogens with one attached hydrogen (secondary N) is 1. The third kappa shape index (κ3) is 5.12. The quantitative estimate of drug-likeness (QED) is 0.616. The predicted octanol–water partition coefficient (Wildman–Crippen LogP) is 1.11. The van der Waals surface area contributed by atoms with E-state index in [0.29, 0.717) is 30.9 Å². The van der Waals surface area contributed by atoms with Crippen molar-refractivity contribution in [2.24, 2.45) is 0 Å². The molecule has 0 aliphatic rings. The Morgan fingerprint density at radius 3 is 2.95 bits per heavy atom. The van der Waals surface area contributed by atoms with E-state index in [-0.39, 0.29) is 12.5 Å². The van der Waals surface area contributed by atoms with Crippen molar-refractivity contribution < 1.29 is 14.6 Å². The standard InChI is InChI=1S/C15H19NO3/c1-3-19-10-8-16-15(18)14-7-6-12(2)11-13(14)5-4-9-17/h6-7,11,17H,3,8-10H2,1-2H3,(H,16,18). The monoisotopic (exact) mass is 261 g/mol. The summed E-state index contributed by atoms with van der Waals surface area (Å²) in [5.41, 5.74) is 2.17. The number of aliphatic hydroxyl groups is 1. The van der Waals surface area contributed by atoms with E-state index in [1.165, 1.54) is 0 Å². The Kier molecular flexibility index (Phi) is 6.65. The molecule has 0 aliphatic carbocycles. The zero-order chi connectivity index (χ0) is 14.1. The lowest BCUT2D eigenvalue weighted by atomic mass is 10.0. The van der Waals surface area contributed by atoms with Crippen LogP contribution in [0.5, 0.6) is 0 Å². The molecule has 102 valence electrons. The molecule has 1 rings (SSSR count). The molecular formula is C15H19NO3. The van der Waals surface area contributed by atoms with Crippen molar-refractivity contribution in [3.8, 4) is 11.8 Å². The van der Waals surface area contributed by atoms with E-state index in [1.807, 2.05) is 26.0 Å². The molecule has 1 aromatic rings. The summed E-state index contributed by atoms with van der Waals surface area (Å²) < 4.78 is 5.16. The first kappa shape index (κ1) is 15.2. The van der Waals surface area contributed by atoms with Gasteiger partial charge in [-0.1, -0.05) is 17.9 Å². The Bertz CT molecular complexity index is 486. The Morgan fingerprint density at radius 1 is 1.47 bits per heavy atom. The molecule has 19 heavy (non-hydrogen) atoms. The number of amides is 1. The van der Waals surface area contributed by atoms with Gasteiger partial charge in [-0.05, 0) is 31.5 Å². The van der Waals surface area contributed by atoms with Crippen molar-refractivity contribution in [3.05, 3.63) is 34.9 Å². The SMILES string of the molecule is CCOCCNC(=O)c1ccc(C)cc1C#CCO. The number of carbonyl (C=O) groups is 1. The average Bonchev–Trinajstić information content (AvgIpc) is 2.41. The maximum atomic E-state index is 12.0. The zero-order valence-corrected chi connectivity index (χ0v) is 11.3. The van der Waals surface area contributed by atoms with Gasteiger partial charge in [0.1, 0.15) is 6.61 Å². The van der Waals surface area contributed by atoms with Crippen LogP contribution in [0.2, 0.25) is 0 Å². The molecule has 4 heteroatoms. The van der Waals surface area contributed by atoms with E-state index >= 15 is 0 Å². The first-order valence-electron chi connectivity index (χ1n) is 6.25. The van der Waals surface area contributed by atoms with Crippen LogP contribution in [-0.2, 0) is 4.74 Å². The van der Waals surface area contributed by atoms with Gasteiger partial charge in [0, 0.05) is 18.7 Å². The molecule has 0 fully saturated rings. The topological polar surface area (TPSA) is 58.6 Å². The predicted molar refractivity (Wildman–Crippen MR) is 74.0 cm³/mol. The molecule has 0 radical (unpaired) electrons. The van der Waals surface area contributed by atoms with Crippen LogP contribution in [0.15, 0.2) is 18.2 Å². The Hall–Kier alpha value is -1.83. The summed E-state index contributed by atoms with van der Waals surface area (Å²) in [6, 6.07) is 5.44. The van der Waals surface area contributed by atoms with Gasteiger partial charge in [0.2, 0.25) is 0 Å². The first-order chi connectivity index (χ1) is 9.19. The smallest absolute Gasteiger partial charge is 0.252 e. The second kappa shape index (κ2) is 8.30. The van der Waals surface area contributed by atoms with E-state index in [9.17, 15) is 4.79 Å². The molecule has 1 aromatic carbocycles. The first-order valence-corrected chi connectivity index (χ1v) is 6.25. The molecular weight excluding hydrogens is 242 g/mol. The molecule has 0 spiro atoms. The summed E-state index contributed by atoms with van der Waals surface area (Å²) in [6.45, 7) is 5.21. The number of carbonyl (C=O) groups excluding carboxylic acids is 1. The van der Waals surface area contributed by atoms with Crippen LogP contribution < -0.4 is 5.32 Å². The number of rotatable bonds is 5. The van der Waals surface area contributed by atoms with E-state index in [1.54, 1.807) is 6.07 Å². The molecule has 0 unspecified atom stereocenters. The van der Waals surface area contributed by atoms with Crippen molar-refractivity contribution >= 4 is 5.91 Å². The van der Waals surface area contributed by atoms with Crippen molar-refractivity contribution in [1.29, 1.82) is 0 Å². The molecule has 2 N–H and O–H groups in total. The van der Waals surface area contributed by atoms with Crippen molar-refractivity contribution in [3.63, 3.8) is 0 Å². The van der Waals surface area contributed by atoms with Crippen LogP contribution in [0, 0.1) is 18.8 Å². The number of ether oxygens (including phenoxy) is 1. The third-order valence-electron chi connectivity index (χ3n) is 2.46. The van der Waals surface area contributed by atoms with E-state index in [0.717, 1.165) is 5.56 Å². The van der Waals surface area contributed by atoms with Gasteiger partial charge >= 0.3 is 0 Å². The largest absolute Gasteiger partial charge is 0.384 e. The zero-order valence-electron chi connectivity index (χ0n) is 11.3. The molecule has 0 aliphatic heterocycles. The fraction of sp³-hybridized carbons (Fsp3) is 0.400. The van der Waals surface area contributed by atoms with Gasteiger partial charge in [-0.15, -0.1) is 0 Å². The highest BCUT2D eigenvalue weighted by Gasteiger charge is 2.09. The summed E-state index contributed by atoms with van der Waals surface area (Å²) in [4.78, 5) is 12.0. The molecule has 4 nitrogen and oxygen atoms in total. The second-order valence-corrected chi connectivity index (χ2v) is 3.96. The molecule has 0 bridgehead atoms. The van der Waals surface area contributed by atoms with Gasteiger partial charge in [0.25, 0.3) is 5.91 Å². The van der Waals surface area contributed by atoms with Crippen LogP contribution in [-0.4, -0.2) is 37.4 Å². The fourth-order valence-corrected chi connectivity index (χ4v) is 1.57. The maximum Gasteiger partial charge on any atom is 0.252 e. The number of hydrogen-bond donors (Lipinski definition) is 2. The molecule has 0 atom stereocenters. The van der Waals surface area contributed by atoms with Crippen molar-refractivity contribution in [2.45, 2.75) is 13.8 Å². The Labute approximate surface area is 113 Å². The average molecular weight is 261 g/mol. The van der Waals surface area contributed by atoms with Gasteiger partial charge in [-0.25, -0.2) is 0 Å². The lowest BCUT2D eigenvalue weighted by Gasteiger charge is -2.08. The van der Waals surface area contributed by atoms with E-state index in [2.05, 4.69) is 17.2 Å². The summed E-state index contributed by atoms with van der Waals surface area (Å²) in [7, 11) is 0. The lowest BCUT2D eigenvalue weighted by molar-refractivity contribution is 0.0922. The summed E-state index contributed by atoms with van der Waals surface area (Å²) in [5.74, 6) is 5.18. The van der Waals surface area contributed by atoms with Gasteiger partial charge in [0.15, 0.2) is 0 Å². The third-order valence-corrected chi connectivity index (χ3v) is 2.46. The summed E-state index contributed by atoms with van der Waals surface area (Å²) in [6.07, 6.45) is 0. The number of hydrogen-bond acceptors (Lipinski definition) is 3. The highest BCUT2D eigenvalue weighted by molar-refractivity contribution is 5.96. The van der Waals surface area contributed by atoms with Gasteiger partial charge in [-0.2, -0.15) is 0 Å². The Balaban J connectivity index is 2.78. The number of benzene rings is 1. The minimum Gasteiger partial charge on any atom is -0.384 e. The van der Waals surface area contributed by atoms with Crippen LogP contribution in [0.1, 0.15) is 28.4 Å². The molecule has 0 saturated heterocycles. The number of aliphatic hydroxyl groups excluding tert-OH is 1. The minimum absolute atomic E-state index is 0.179. The molecule has 0 saturated carbocycles. The van der Waals surface area contributed by atoms with Gasteiger partial charge < -0.3 is 15.2 Å². The molecule has 1 amide bonds. The van der Waals surface area contributed by atoms with Crippen LogP contribution >= 0.6 is 0 Å². The van der Waals surface area contributed by atoms with E-state index in [4.69, 9.17) is 9.84 Å². The Morgan fingerprint density at radius 2 is 2.26 bits per heavy atom. The molecule has 0 heterocycles. The van der Waals surface area contributed by atoms with Crippen LogP contribution in [0.3, 0.4) is 0 Å². The highest BCUT2D eigenvalue weighted by atomic mass is 16.5. The maximum absolute atomic E-state index is 12.0. The van der Waals surface area contributed by atoms with Crippen LogP contribution in [0.25, 0.3) is 0 Å². The highest BCUT2D eigenvalue weighted by Crippen LogP contribution is 2.10. The van der Waals surface area contributed by atoms with Gasteiger partial charge in [0.05, 0.1) is 12.2 Å². The van der Waals surface area contributed by atoms with E-state index < -0.39 is 0 Å². The van der Waals surface area contributed by atoms with Crippen LogP contribution in [0.4, 0.5) is 0 Å². The summed E-state index contributed by atoms with van der Waals surface area (Å²) >= 11 is 0.